The van der Waals surface area contributed by atoms with Crippen molar-refractivity contribution in [1.82, 2.24) is 29.4 Å². The van der Waals surface area contributed by atoms with E-state index in [9.17, 15) is 18.0 Å². The first-order valence-corrected chi connectivity index (χ1v) is 11.0. The van der Waals surface area contributed by atoms with E-state index in [0.717, 1.165) is 11.6 Å². The predicted molar refractivity (Wildman–Crippen MR) is 122 cm³/mol. The zero-order chi connectivity index (χ0) is 25.1. The highest BCUT2D eigenvalue weighted by Crippen LogP contribution is 2.38. The summed E-state index contributed by atoms with van der Waals surface area (Å²) in [5.41, 5.74) is 2.53. The molecule has 0 saturated heterocycles. The number of carbonyl (C=O) groups is 1. The van der Waals surface area contributed by atoms with Gasteiger partial charge in [0.25, 0.3) is 5.91 Å². The molecule has 5 rings (SSSR count). The summed E-state index contributed by atoms with van der Waals surface area (Å²) >= 11 is 0. The van der Waals surface area contributed by atoms with Crippen LogP contribution in [0.5, 0.6) is 5.75 Å². The summed E-state index contributed by atoms with van der Waals surface area (Å²) < 4.78 is 47.9. The minimum absolute atomic E-state index is 0.170. The van der Waals surface area contributed by atoms with E-state index in [1.54, 1.807) is 48.1 Å². The quantitative estimate of drug-likeness (QED) is 0.437. The Hall–Kier alpha value is -3.89. The van der Waals surface area contributed by atoms with Crippen LogP contribution >= 0.6 is 0 Å². The molecule has 1 unspecified atom stereocenters. The summed E-state index contributed by atoms with van der Waals surface area (Å²) in [7, 11) is 4.72. The van der Waals surface area contributed by atoms with E-state index in [1.165, 1.54) is 11.7 Å². The summed E-state index contributed by atoms with van der Waals surface area (Å²) in [6.45, 7) is 2.27. The number of carbonyl (C=O) groups excluding carboxylic acids is 1. The van der Waals surface area contributed by atoms with Gasteiger partial charge in [0, 0.05) is 43.4 Å². The Labute approximate surface area is 198 Å². The molecular weight excluding hydrogens is 461 g/mol. The molecule has 0 aliphatic carbocycles. The molecule has 0 saturated carbocycles. The SMILES string of the molecule is COc1ccc(C(=O)N2CCc3c(nn(C)c3-c3cc(C(F)(F)F)nn3C)C2C)c2cccnc12. The summed E-state index contributed by atoms with van der Waals surface area (Å²) in [4.78, 5) is 19.8. The van der Waals surface area contributed by atoms with Gasteiger partial charge in [-0.3, -0.25) is 19.1 Å². The first-order chi connectivity index (χ1) is 16.6. The van der Waals surface area contributed by atoms with Gasteiger partial charge in [-0.25, -0.2) is 0 Å². The third kappa shape index (κ3) is 3.62. The zero-order valence-corrected chi connectivity index (χ0v) is 19.6. The van der Waals surface area contributed by atoms with E-state index >= 15 is 0 Å². The molecule has 0 bridgehead atoms. The van der Waals surface area contributed by atoms with Gasteiger partial charge in [0.15, 0.2) is 5.69 Å². The van der Waals surface area contributed by atoms with E-state index in [0.29, 0.717) is 52.3 Å². The van der Waals surface area contributed by atoms with Crippen LogP contribution in [0, 0.1) is 0 Å². The number of alkyl halides is 3. The number of hydrogen-bond donors (Lipinski definition) is 0. The average molecular weight is 484 g/mol. The normalized spacial score (nSPS) is 16.0. The molecule has 0 radical (unpaired) electrons. The minimum Gasteiger partial charge on any atom is -0.494 e. The summed E-state index contributed by atoms with van der Waals surface area (Å²) in [5.74, 6) is 0.408. The number of hydrogen-bond acceptors (Lipinski definition) is 5. The van der Waals surface area contributed by atoms with E-state index in [-0.39, 0.29) is 11.9 Å². The van der Waals surface area contributed by atoms with Gasteiger partial charge in [-0.15, -0.1) is 0 Å². The van der Waals surface area contributed by atoms with Crippen LogP contribution in [0.4, 0.5) is 13.2 Å². The highest BCUT2D eigenvalue weighted by atomic mass is 19.4. The molecule has 4 heterocycles. The highest BCUT2D eigenvalue weighted by molar-refractivity contribution is 6.07. The molecule has 1 aliphatic rings. The van der Waals surface area contributed by atoms with Gasteiger partial charge in [-0.1, -0.05) is 6.07 Å². The summed E-state index contributed by atoms with van der Waals surface area (Å²) in [5, 5.41) is 8.93. The maximum atomic E-state index is 13.6. The second kappa shape index (κ2) is 8.10. The van der Waals surface area contributed by atoms with E-state index in [1.807, 2.05) is 13.0 Å². The van der Waals surface area contributed by atoms with Crippen LogP contribution in [0.25, 0.3) is 22.3 Å². The van der Waals surface area contributed by atoms with Crippen molar-refractivity contribution < 1.29 is 22.7 Å². The van der Waals surface area contributed by atoms with Gasteiger partial charge in [0.2, 0.25) is 0 Å². The van der Waals surface area contributed by atoms with E-state index in [4.69, 9.17) is 4.74 Å². The van der Waals surface area contributed by atoms with E-state index < -0.39 is 11.9 Å². The van der Waals surface area contributed by atoms with Crippen molar-refractivity contribution in [3.63, 3.8) is 0 Å². The Morgan fingerprint density at radius 1 is 1.14 bits per heavy atom. The van der Waals surface area contributed by atoms with Crippen LogP contribution in [-0.2, 0) is 26.7 Å². The van der Waals surface area contributed by atoms with Crippen LogP contribution < -0.4 is 4.74 Å². The molecule has 0 fully saturated rings. The van der Waals surface area contributed by atoms with E-state index in [2.05, 4.69) is 15.2 Å². The fourth-order valence-corrected chi connectivity index (χ4v) is 4.82. The number of amides is 1. The summed E-state index contributed by atoms with van der Waals surface area (Å²) in [6.07, 6.45) is -2.44. The second-order valence-electron chi connectivity index (χ2n) is 8.51. The Balaban J connectivity index is 1.53. The molecule has 0 spiro atoms. The van der Waals surface area contributed by atoms with Crippen molar-refractivity contribution in [2.45, 2.75) is 25.6 Å². The van der Waals surface area contributed by atoms with Crippen molar-refractivity contribution in [3.05, 3.63) is 59.0 Å². The Bertz CT molecular complexity index is 1460. The van der Waals surface area contributed by atoms with Crippen LogP contribution in [0.3, 0.4) is 0 Å². The lowest BCUT2D eigenvalue weighted by Crippen LogP contribution is -2.39. The maximum Gasteiger partial charge on any atom is 0.435 e. The number of nitrogens with zero attached hydrogens (tertiary/aromatic N) is 6. The Kier molecular flexibility index (Phi) is 5.30. The smallest absolute Gasteiger partial charge is 0.435 e. The first kappa shape index (κ1) is 22.9. The van der Waals surface area contributed by atoms with Crippen LogP contribution in [-0.4, -0.2) is 49.0 Å². The zero-order valence-electron chi connectivity index (χ0n) is 19.6. The second-order valence-corrected chi connectivity index (χ2v) is 8.51. The number of methoxy groups -OCH3 is 1. The van der Waals surface area contributed by atoms with Crippen molar-refractivity contribution in [1.29, 1.82) is 0 Å². The van der Waals surface area contributed by atoms with Gasteiger partial charge < -0.3 is 9.64 Å². The molecule has 3 aromatic heterocycles. The number of halogens is 3. The standard InChI is InChI=1S/C24H23F3N6O2/c1-13-20-16(22(32(3)30-20)17-12-19(24(25,26)27)29-31(17)2)9-11-33(13)23(34)15-7-8-18(35-4)21-14(15)6-5-10-28-21/h5-8,10,12-13H,9,11H2,1-4H3. The molecule has 8 nitrogen and oxygen atoms in total. The van der Waals surface area contributed by atoms with Crippen molar-refractivity contribution in [2.24, 2.45) is 14.1 Å². The molecule has 1 amide bonds. The van der Waals surface area contributed by atoms with Crippen LogP contribution in [0.2, 0.25) is 0 Å². The van der Waals surface area contributed by atoms with Crippen molar-refractivity contribution in [3.8, 4) is 17.1 Å². The topological polar surface area (TPSA) is 78.1 Å². The molecular formula is C24H23F3N6O2. The third-order valence-electron chi connectivity index (χ3n) is 6.50. The fraction of sp³-hybridized carbons (Fsp3) is 0.333. The molecule has 4 aromatic rings. The lowest BCUT2D eigenvalue weighted by atomic mass is 9.96. The highest BCUT2D eigenvalue weighted by Gasteiger charge is 2.38. The Morgan fingerprint density at radius 2 is 1.91 bits per heavy atom. The van der Waals surface area contributed by atoms with Crippen molar-refractivity contribution >= 4 is 16.8 Å². The fourth-order valence-electron chi connectivity index (χ4n) is 4.82. The third-order valence-corrected chi connectivity index (χ3v) is 6.50. The maximum absolute atomic E-state index is 13.6. The van der Waals surface area contributed by atoms with Gasteiger partial charge in [0.05, 0.1) is 30.2 Å². The average Bonchev–Trinajstić information content (AvgIpc) is 3.37. The number of aromatic nitrogens is 5. The minimum atomic E-state index is -4.54. The largest absolute Gasteiger partial charge is 0.494 e. The number of aryl methyl sites for hydroxylation is 2. The van der Waals surface area contributed by atoms with Gasteiger partial charge >= 0.3 is 6.18 Å². The monoisotopic (exact) mass is 484 g/mol. The molecule has 1 aliphatic heterocycles. The first-order valence-electron chi connectivity index (χ1n) is 11.0. The lowest BCUT2D eigenvalue weighted by molar-refractivity contribution is -0.141. The number of fused-ring (bicyclic) bond motifs is 2. The van der Waals surface area contributed by atoms with Gasteiger partial charge in [-0.05, 0) is 37.6 Å². The van der Waals surface area contributed by atoms with Crippen LogP contribution in [0.1, 0.15) is 40.3 Å². The van der Waals surface area contributed by atoms with Crippen LogP contribution in [0.15, 0.2) is 36.5 Å². The number of ether oxygens (including phenoxy) is 1. The molecule has 1 aromatic carbocycles. The number of rotatable bonds is 3. The van der Waals surface area contributed by atoms with Crippen molar-refractivity contribution in [2.75, 3.05) is 13.7 Å². The molecule has 11 heteroatoms. The number of pyridine rings is 1. The van der Waals surface area contributed by atoms with Gasteiger partial charge in [0.1, 0.15) is 11.3 Å². The van der Waals surface area contributed by atoms with Gasteiger partial charge in [-0.2, -0.15) is 23.4 Å². The molecule has 182 valence electrons. The molecule has 35 heavy (non-hydrogen) atoms. The predicted octanol–water partition coefficient (Wildman–Crippen LogP) is 4.16. The lowest BCUT2D eigenvalue weighted by Gasteiger charge is -2.33. The molecule has 0 N–H and O–H groups in total. The molecule has 1 atom stereocenters. The summed E-state index contributed by atoms with van der Waals surface area (Å²) in [6, 6.07) is 7.71. The number of benzene rings is 1. The Morgan fingerprint density at radius 3 is 2.60 bits per heavy atom.